The van der Waals surface area contributed by atoms with E-state index in [0.29, 0.717) is 19.2 Å². The Balaban J connectivity index is 1.80. The summed E-state index contributed by atoms with van der Waals surface area (Å²) in [6.45, 7) is 3.21. The van der Waals surface area contributed by atoms with Gasteiger partial charge in [0.1, 0.15) is 18.0 Å². The highest BCUT2D eigenvalue weighted by Crippen LogP contribution is 2.20. The van der Waals surface area contributed by atoms with Gasteiger partial charge < -0.3 is 19.9 Å². The molecule has 1 aliphatic rings. The lowest BCUT2D eigenvalue weighted by Gasteiger charge is -2.24. The zero-order valence-electron chi connectivity index (χ0n) is 11.7. The van der Waals surface area contributed by atoms with E-state index in [9.17, 15) is 5.11 Å². The van der Waals surface area contributed by atoms with Crippen molar-refractivity contribution in [2.75, 3.05) is 20.3 Å². The lowest BCUT2D eigenvalue weighted by molar-refractivity contribution is 0.0119. The SMILES string of the molecule is COCc1cccc(OCC(C)(O)CNC2CC2)c1. The van der Waals surface area contributed by atoms with E-state index in [-0.39, 0.29) is 6.61 Å². The van der Waals surface area contributed by atoms with Crippen LogP contribution in [0.2, 0.25) is 0 Å². The Morgan fingerprint density at radius 2 is 2.21 bits per heavy atom. The Hall–Kier alpha value is -1.10. The minimum atomic E-state index is -0.847. The molecule has 2 rings (SSSR count). The van der Waals surface area contributed by atoms with Gasteiger partial charge in [0.25, 0.3) is 0 Å². The van der Waals surface area contributed by atoms with E-state index in [1.807, 2.05) is 24.3 Å². The van der Waals surface area contributed by atoms with E-state index in [1.54, 1.807) is 14.0 Å². The summed E-state index contributed by atoms with van der Waals surface area (Å²) in [5, 5.41) is 13.5. The van der Waals surface area contributed by atoms with Gasteiger partial charge in [0, 0.05) is 19.7 Å². The second-order valence-corrected chi connectivity index (χ2v) is 5.52. The number of benzene rings is 1. The molecule has 0 aromatic heterocycles. The predicted octanol–water partition coefficient (Wildman–Crippen LogP) is 1.71. The predicted molar refractivity (Wildman–Crippen MR) is 74.3 cm³/mol. The summed E-state index contributed by atoms with van der Waals surface area (Å²) in [4.78, 5) is 0. The molecule has 0 bridgehead atoms. The highest BCUT2D eigenvalue weighted by molar-refractivity contribution is 5.28. The summed E-state index contributed by atoms with van der Waals surface area (Å²) >= 11 is 0. The van der Waals surface area contributed by atoms with E-state index in [1.165, 1.54) is 12.8 Å². The number of rotatable bonds is 8. The Labute approximate surface area is 114 Å². The van der Waals surface area contributed by atoms with Crippen molar-refractivity contribution in [3.8, 4) is 5.75 Å². The molecular formula is C15H23NO3. The van der Waals surface area contributed by atoms with E-state index >= 15 is 0 Å². The van der Waals surface area contributed by atoms with Crippen molar-refractivity contribution in [3.05, 3.63) is 29.8 Å². The van der Waals surface area contributed by atoms with E-state index in [4.69, 9.17) is 9.47 Å². The fourth-order valence-electron chi connectivity index (χ4n) is 1.83. The van der Waals surface area contributed by atoms with Crippen molar-refractivity contribution in [2.24, 2.45) is 0 Å². The van der Waals surface area contributed by atoms with Crippen molar-refractivity contribution in [2.45, 2.75) is 38.0 Å². The van der Waals surface area contributed by atoms with Crippen molar-refractivity contribution < 1.29 is 14.6 Å². The van der Waals surface area contributed by atoms with Gasteiger partial charge in [-0.15, -0.1) is 0 Å². The van der Waals surface area contributed by atoms with Crippen molar-refractivity contribution in [1.82, 2.24) is 5.32 Å². The van der Waals surface area contributed by atoms with Crippen LogP contribution in [0, 0.1) is 0 Å². The van der Waals surface area contributed by atoms with Crippen LogP contribution in [0.1, 0.15) is 25.3 Å². The average molecular weight is 265 g/mol. The van der Waals surface area contributed by atoms with Crippen LogP contribution in [-0.4, -0.2) is 37.0 Å². The maximum Gasteiger partial charge on any atom is 0.119 e. The number of aliphatic hydroxyl groups is 1. The highest BCUT2D eigenvalue weighted by Gasteiger charge is 2.27. The third-order valence-corrected chi connectivity index (χ3v) is 3.11. The molecular weight excluding hydrogens is 242 g/mol. The molecule has 4 nitrogen and oxygen atoms in total. The molecule has 1 saturated carbocycles. The molecule has 0 saturated heterocycles. The molecule has 0 spiro atoms. The lowest BCUT2D eigenvalue weighted by atomic mass is 10.1. The topological polar surface area (TPSA) is 50.7 Å². The second-order valence-electron chi connectivity index (χ2n) is 5.52. The minimum Gasteiger partial charge on any atom is -0.491 e. The van der Waals surface area contributed by atoms with Crippen LogP contribution < -0.4 is 10.1 Å². The lowest BCUT2D eigenvalue weighted by Crippen LogP contribution is -2.43. The molecule has 0 radical (unpaired) electrons. The molecule has 2 N–H and O–H groups in total. The summed E-state index contributed by atoms with van der Waals surface area (Å²) in [6.07, 6.45) is 2.44. The highest BCUT2D eigenvalue weighted by atomic mass is 16.5. The molecule has 1 atom stereocenters. The van der Waals surface area contributed by atoms with Gasteiger partial charge in [0.2, 0.25) is 0 Å². The van der Waals surface area contributed by atoms with Crippen LogP contribution in [0.5, 0.6) is 5.75 Å². The Bertz CT molecular complexity index is 402. The summed E-state index contributed by atoms with van der Waals surface area (Å²) < 4.78 is 10.8. The number of hydrogen-bond acceptors (Lipinski definition) is 4. The first-order valence-corrected chi connectivity index (χ1v) is 6.75. The maximum absolute atomic E-state index is 10.2. The van der Waals surface area contributed by atoms with Crippen molar-refractivity contribution in [1.29, 1.82) is 0 Å². The molecule has 19 heavy (non-hydrogen) atoms. The second kappa shape index (κ2) is 6.37. The number of hydrogen-bond donors (Lipinski definition) is 2. The van der Waals surface area contributed by atoms with Gasteiger partial charge in [0.05, 0.1) is 6.61 Å². The molecule has 106 valence electrons. The van der Waals surface area contributed by atoms with Crippen LogP contribution in [0.25, 0.3) is 0 Å². The summed E-state index contributed by atoms with van der Waals surface area (Å²) in [5.74, 6) is 0.765. The molecule has 0 amide bonds. The van der Waals surface area contributed by atoms with E-state index in [2.05, 4.69) is 5.32 Å². The zero-order chi connectivity index (χ0) is 13.7. The molecule has 1 aromatic rings. The monoisotopic (exact) mass is 265 g/mol. The van der Waals surface area contributed by atoms with E-state index < -0.39 is 5.60 Å². The first-order chi connectivity index (χ1) is 9.09. The molecule has 1 unspecified atom stereocenters. The molecule has 1 fully saturated rings. The van der Waals surface area contributed by atoms with Crippen LogP contribution in [0.4, 0.5) is 0 Å². The van der Waals surface area contributed by atoms with E-state index in [0.717, 1.165) is 11.3 Å². The number of methoxy groups -OCH3 is 1. The van der Waals surface area contributed by atoms with Crippen LogP contribution in [-0.2, 0) is 11.3 Å². The third-order valence-electron chi connectivity index (χ3n) is 3.11. The smallest absolute Gasteiger partial charge is 0.119 e. The molecule has 4 heteroatoms. The standard InChI is InChI=1S/C15H23NO3/c1-15(17,10-16-13-6-7-13)11-19-14-5-3-4-12(8-14)9-18-2/h3-5,8,13,16-17H,6-7,9-11H2,1-2H3. The first kappa shape index (κ1) is 14.3. The van der Waals surface area contributed by atoms with Gasteiger partial charge >= 0.3 is 0 Å². The number of nitrogens with one attached hydrogen (secondary N) is 1. The largest absolute Gasteiger partial charge is 0.491 e. The van der Waals surface area contributed by atoms with Gasteiger partial charge in [0.15, 0.2) is 0 Å². The van der Waals surface area contributed by atoms with Gasteiger partial charge in [-0.2, -0.15) is 0 Å². The fraction of sp³-hybridized carbons (Fsp3) is 0.600. The summed E-state index contributed by atoms with van der Waals surface area (Å²) in [5.41, 5.74) is 0.218. The molecule has 1 aromatic carbocycles. The van der Waals surface area contributed by atoms with Crippen LogP contribution in [0.15, 0.2) is 24.3 Å². The van der Waals surface area contributed by atoms with Gasteiger partial charge in [-0.05, 0) is 37.5 Å². The minimum absolute atomic E-state index is 0.281. The Morgan fingerprint density at radius 3 is 2.89 bits per heavy atom. The van der Waals surface area contributed by atoms with Gasteiger partial charge in [-0.3, -0.25) is 0 Å². The molecule has 1 aliphatic carbocycles. The normalized spacial score (nSPS) is 18.1. The fourth-order valence-corrected chi connectivity index (χ4v) is 1.83. The van der Waals surface area contributed by atoms with Crippen molar-refractivity contribution in [3.63, 3.8) is 0 Å². The van der Waals surface area contributed by atoms with Gasteiger partial charge in [-0.1, -0.05) is 12.1 Å². The quantitative estimate of drug-likeness (QED) is 0.751. The maximum atomic E-state index is 10.2. The van der Waals surface area contributed by atoms with Crippen LogP contribution >= 0.6 is 0 Å². The van der Waals surface area contributed by atoms with Crippen LogP contribution in [0.3, 0.4) is 0 Å². The Morgan fingerprint density at radius 1 is 1.42 bits per heavy atom. The zero-order valence-corrected chi connectivity index (χ0v) is 11.7. The Kier molecular flexibility index (Phi) is 4.80. The summed E-state index contributed by atoms with van der Waals surface area (Å²) in [6, 6.07) is 8.35. The van der Waals surface area contributed by atoms with Gasteiger partial charge in [-0.25, -0.2) is 0 Å². The third kappa shape index (κ3) is 5.19. The number of ether oxygens (including phenoxy) is 2. The van der Waals surface area contributed by atoms with Crippen molar-refractivity contribution >= 4 is 0 Å². The average Bonchev–Trinajstić information content (AvgIpc) is 3.19. The molecule has 0 aliphatic heterocycles. The first-order valence-electron chi connectivity index (χ1n) is 6.75. The molecule has 0 heterocycles. The summed E-state index contributed by atoms with van der Waals surface area (Å²) in [7, 11) is 1.67.